The number of aryl methyl sites for hydroxylation is 1. The molecule has 0 radical (unpaired) electrons. The molecule has 2 aliphatic carbocycles. The molecule has 2 fully saturated rings. The van der Waals surface area contributed by atoms with Gasteiger partial charge in [0.2, 0.25) is 0 Å². The van der Waals surface area contributed by atoms with Gasteiger partial charge in [0.15, 0.2) is 0 Å². The van der Waals surface area contributed by atoms with E-state index < -0.39 is 11.4 Å². The number of halogens is 3. The monoisotopic (exact) mass is 518 g/mol. The SMILES string of the molecule is Cn1cnc(C2CC3CC(O)(CNc4ncncc4Cl)CC3C2)c1C(=O)Nc1ccc(F)c(Cl)c1. The van der Waals surface area contributed by atoms with Crippen LogP contribution in [0.1, 0.15) is 47.8 Å². The number of anilines is 2. The molecule has 1 aromatic carbocycles. The number of benzene rings is 1. The summed E-state index contributed by atoms with van der Waals surface area (Å²) in [6.45, 7) is 0.360. The summed E-state index contributed by atoms with van der Waals surface area (Å²) in [4.78, 5) is 25.6. The standard InChI is InChI=1S/C24H25Cl2FN6O2/c1-33-12-31-20(21(33)23(34)32-16-2-3-19(27)17(25)6-16)13-4-14-7-24(35,8-15(14)5-13)10-29-22-18(26)9-28-11-30-22/h2-3,6,9,11-15,35H,4-5,7-8,10H2,1H3,(H,32,34)(H,28,29,30). The van der Waals surface area contributed by atoms with Crippen LogP contribution in [0.3, 0.4) is 0 Å². The smallest absolute Gasteiger partial charge is 0.274 e. The van der Waals surface area contributed by atoms with Crippen molar-refractivity contribution in [2.45, 2.75) is 37.2 Å². The number of aliphatic hydroxyl groups is 1. The van der Waals surface area contributed by atoms with Crippen LogP contribution in [-0.2, 0) is 7.05 Å². The zero-order chi connectivity index (χ0) is 24.7. The van der Waals surface area contributed by atoms with E-state index in [-0.39, 0.29) is 16.8 Å². The molecule has 35 heavy (non-hydrogen) atoms. The molecule has 5 rings (SSSR count). The van der Waals surface area contributed by atoms with Crippen molar-refractivity contribution in [1.29, 1.82) is 0 Å². The summed E-state index contributed by atoms with van der Waals surface area (Å²) in [7, 11) is 1.78. The third kappa shape index (κ3) is 4.85. The quantitative estimate of drug-likeness (QED) is 0.438. The minimum absolute atomic E-state index is 0.0550. The topological polar surface area (TPSA) is 105 Å². The summed E-state index contributed by atoms with van der Waals surface area (Å²) >= 11 is 12.0. The Balaban J connectivity index is 1.25. The van der Waals surface area contributed by atoms with E-state index in [0.29, 0.717) is 53.4 Å². The van der Waals surface area contributed by atoms with E-state index in [2.05, 4.69) is 25.6 Å². The Morgan fingerprint density at radius 3 is 2.66 bits per heavy atom. The number of carbonyl (C=O) groups is 1. The Morgan fingerprint density at radius 1 is 1.23 bits per heavy atom. The molecule has 1 amide bonds. The van der Waals surface area contributed by atoms with Gasteiger partial charge in [0, 0.05) is 25.2 Å². The molecule has 0 spiro atoms. The van der Waals surface area contributed by atoms with Gasteiger partial charge in [0.1, 0.15) is 28.7 Å². The molecule has 2 saturated carbocycles. The van der Waals surface area contributed by atoms with Gasteiger partial charge in [-0.3, -0.25) is 4.79 Å². The number of hydrogen-bond donors (Lipinski definition) is 3. The van der Waals surface area contributed by atoms with Crippen LogP contribution in [0.4, 0.5) is 15.9 Å². The van der Waals surface area contributed by atoms with Crippen LogP contribution in [0.15, 0.2) is 37.1 Å². The number of rotatable bonds is 6. The summed E-state index contributed by atoms with van der Waals surface area (Å²) < 4.78 is 15.2. The van der Waals surface area contributed by atoms with Gasteiger partial charge < -0.3 is 20.3 Å². The lowest BCUT2D eigenvalue weighted by molar-refractivity contribution is 0.0514. The lowest BCUT2D eigenvalue weighted by Gasteiger charge is -2.25. The molecule has 0 saturated heterocycles. The van der Waals surface area contributed by atoms with Crippen LogP contribution >= 0.6 is 23.2 Å². The molecule has 2 atom stereocenters. The first-order valence-corrected chi connectivity index (χ1v) is 12.2. The number of aromatic nitrogens is 4. The number of hydrogen-bond acceptors (Lipinski definition) is 6. The Kier molecular flexibility index (Phi) is 6.41. The highest BCUT2D eigenvalue weighted by atomic mass is 35.5. The maximum atomic E-state index is 13.5. The predicted molar refractivity (Wildman–Crippen MR) is 131 cm³/mol. The molecule has 0 bridgehead atoms. The van der Waals surface area contributed by atoms with E-state index in [1.165, 1.54) is 30.7 Å². The number of nitrogens with zero attached hydrogens (tertiary/aromatic N) is 4. The first-order chi connectivity index (χ1) is 16.7. The van der Waals surface area contributed by atoms with E-state index in [4.69, 9.17) is 23.2 Å². The maximum Gasteiger partial charge on any atom is 0.274 e. The summed E-state index contributed by atoms with van der Waals surface area (Å²) in [5, 5.41) is 17.5. The second kappa shape index (κ2) is 9.37. The molecule has 2 unspecified atom stereocenters. The highest BCUT2D eigenvalue weighted by molar-refractivity contribution is 6.32. The van der Waals surface area contributed by atoms with Gasteiger partial charge in [-0.25, -0.2) is 19.3 Å². The maximum absolute atomic E-state index is 13.5. The zero-order valence-electron chi connectivity index (χ0n) is 19.0. The molecule has 3 aromatic rings. The normalized spacial score (nSPS) is 25.5. The Labute approximate surface area is 211 Å². The Bertz CT molecular complexity index is 1250. The van der Waals surface area contributed by atoms with Crippen molar-refractivity contribution >= 4 is 40.6 Å². The fourth-order valence-electron chi connectivity index (χ4n) is 5.62. The van der Waals surface area contributed by atoms with Gasteiger partial charge in [0.05, 0.1) is 28.8 Å². The lowest BCUT2D eigenvalue weighted by atomic mass is 9.92. The molecule has 3 N–H and O–H groups in total. The first-order valence-electron chi connectivity index (χ1n) is 11.4. The van der Waals surface area contributed by atoms with E-state index in [1.807, 2.05) is 0 Å². The second-order valence-electron chi connectivity index (χ2n) is 9.57. The van der Waals surface area contributed by atoms with Crippen molar-refractivity contribution in [2.75, 3.05) is 17.2 Å². The van der Waals surface area contributed by atoms with Crippen molar-refractivity contribution in [3.8, 4) is 0 Å². The van der Waals surface area contributed by atoms with Gasteiger partial charge in [-0.2, -0.15) is 0 Å². The summed E-state index contributed by atoms with van der Waals surface area (Å²) in [6.07, 6.45) is 7.58. The van der Waals surface area contributed by atoms with E-state index in [0.717, 1.165) is 18.5 Å². The van der Waals surface area contributed by atoms with Gasteiger partial charge in [0.25, 0.3) is 5.91 Å². The van der Waals surface area contributed by atoms with Crippen LogP contribution in [-0.4, -0.2) is 42.7 Å². The van der Waals surface area contributed by atoms with Crippen LogP contribution in [0.25, 0.3) is 0 Å². The lowest BCUT2D eigenvalue weighted by Crippen LogP contribution is -2.35. The molecule has 2 aliphatic rings. The molecular weight excluding hydrogens is 494 g/mol. The van der Waals surface area contributed by atoms with Crippen LogP contribution < -0.4 is 10.6 Å². The van der Waals surface area contributed by atoms with Gasteiger partial charge in [-0.15, -0.1) is 0 Å². The van der Waals surface area contributed by atoms with Gasteiger partial charge in [-0.1, -0.05) is 23.2 Å². The van der Waals surface area contributed by atoms with Crippen molar-refractivity contribution in [3.63, 3.8) is 0 Å². The molecule has 0 aliphatic heterocycles. The minimum atomic E-state index is -0.846. The highest BCUT2D eigenvalue weighted by Gasteiger charge is 2.49. The van der Waals surface area contributed by atoms with Crippen molar-refractivity contribution in [3.05, 3.63) is 64.3 Å². The average molecular weight is 519 g/mol. The molecule has 184 valence electrons. The second-order valence-corrected chi connectivity index (χ2v) is 10.4. The average Bonchev–Trinajstić information content (AvgIpc) is 3.46. The summed E-state index contributed by atoms with van der Waals surface area (Å²) in [5.41, 5.74) is 0.798. The number of nitrogens with one attached hydrogen (secondary N) is 2. The Hall–Kier alpha value is -2.75. The number of imidazole rings is 1. The highest BCUT2D eigenvalue weighted by Crippen LogP contribution is 2.54. The molecule has 11 heteroatoms. The predicted octanol–water partition coefficient (Wildman–Crippen LogP) is 4.66. The van der Waals surface area contributed by atoms with Gasteiger partial charge >= 0.3 is 0 Å². The number of amides is 1. The van der Waals surface area contributed by atoms with Crippen LogP contribution in [0, 0.1) is 17.7 Å². The molecular formula is C24H25Cl2FN6O2. The number of fused-ring (bicyclic) bond motifs is 1. The van der Waals surface area contributed by atoms with E-state index in [9.17, 15) is 14.3 Å². The fourth-order valence-corrected chi connectivity index (χ4v) is 5.97. The largest absolute Gasteiger partial charge is 0.388 e. The van der Waals surface area contributed by atoms with Crippen LogP contribution in [0.5, 0.6) is 0 Å². The molecule has 2 aromatic heterocycles. The Morgan fingerprint density at radius 2 is 1.97 bits per heavy atom. The summed E-state index contributed by atoms with van der Waals surface area (Å²) in [6, 6.07) is 4.07. The van der Waals surface area contributed by atoms with Crippen molar-refractivity contribution in [1.82, 2.24) is 19.5 Å². The van der Waals surface area contributed by atoms with Crippen molar-refractivity contribution < 1.29 is 14.3 Å². The van der Waals surface area contributed by atoms with Crippen LogP contribution in [0.2, 0.25) is 10.0 Å². The fraction of sp³-hybridized carbons (Fsp3) is 0.417. The third-order valence-corrected chi connectivity index (χ3v) is 7.69. The van der Waals surface area contributed by atoms with Crippen molar-refractivity contribution in [2.24, 2.45) is 18.9 Å². The zero-order valence-corrected chi connectivity index (χ0v) is 20.5. The minimum Gasteiger partial charge on any atom is -0.388 e. The molecule has 8 nitrogen and oxygen atoms in total. The first kappa shape index (κ1) is 24.0. The third-order valence-electron chi connectivity index (χ3n) is 7.12. The van der Waals surface area contributed by atoms with E-state index in [1.54, 1.807) is 17.9 Å². The summed E-state index contributed by atoms with van der Waals surface area (Å²) in [5.74, 6) is 0.443. The van der Waals surface area contributed by atoms with E-state index >= 15 is 0 Å². The number of carbonyl (C=O) groups excluding carboxylic acids is 1. The molecule has 2 heterocycles. The van der Waals surface area contributed by atoms with Gasteiger partial charge in [-0.05, 0) is 55.7 Å².